The lowest BCUT2D eigenvalue weighted by Gasteiger charge is -2.15. The van der Waals surface area contributed by atoms with E-state index in [0.717, 1.165) is 11.3 Å². The summed E-state index contributed by atoms with van der Waals surface area (Å²) >= 11 is 6.29. The molecular formula is C16H14ClN3O. The zero-order chi connectivity index (χ0) is 14.8. The lowest BCUT2D eigenvalue weighted by molar-refractivity contribution is 0.212. The van der Waals surface area contributed by atoms with E-state index in [2.05, 4.69) is 10.3 Å². The first-order chi connectivity index (χ1) is 10.2. The normalized spacial score (nSPS) is 12.3. The van der Waals surface area contributed by atoms with Gasteiger partial charge < -0.3 is 5.11 Å². The van der Waals surface area contributed by atoms with Crippen LogP contribution < -0.4 is 0 Å². The molecule has 0 radical (unpaired) electrons. The van der Waals surface area contributed by atoms with Crippen molar-refractivity contribution in [1.29, 1.82) is 0 Å². The van der Waals surface area contributed by atoms with Gasteiger partial charge in [0, 0.05) is 10.6 Å². The van der Waals surface area contributed by atoms with Gasteiger partial charge in [-0.15, -0.1) is 5.10 Å². The van der Waals surface area contributed by atoms with Crippen LogP contribution in [0.4, 0.5) is 0 Å². The minimum absolute atomic E-state index is 0.561. The highest BCUT2D eigenvalue weighted by molar-refractivity contribution is 6.32. The average Bonchev–Trinajstić information content (AvgIpc) is 3.00. The molecule has 0 saturated carbocycles. The zero-order valence-electron chi connectivity index (χ0n) is 11.4. The van der Waals surface area contributed by atoms with Crippen LogP contribution in [0.3, 0.4) is 0 Å². The Labute approximate surface area is 127 Å². The first-order valence-electron chi connectivity index (χ1n) is 6.57. The van der Waals surface area contributed by atoms with Crippen molar-refractivity contribution in [2.24, 2.45) is 0 Å². The number of hydrogen-bond donors (Lipinski definition) is 1. The Morgan fingerprint density at radius 3 is 2.62 bits per heavy atom. The standard InChI is InChI=1S/C16H14ClN3O/c1-11-6-5-9-13(15(11)17)16(21)14-10-18-19-20(14)12-7-3-2-4-8-12/h2-10,16,21H,1H3. The molecular weight excluding hydrogens is 286 g/mol. The molecule has 0 aliphatic heterocycles. The monoisotopic (exact) mass is 299 g/mol. The second-order valence-corrected chi connectivity index (χ2v) is 5.16. The number of aliphatic hydroxyl groups excluding tert-OH is 1. The van der Waals surface area contributed by atoms with Gasteiger partial charge in [-0.2, -0.15) is 0 Å². The summed E-state index contributed by atoms with van der Waals surface area (Å²) in [4.78, 5) is 0. The molecule has 106 valence electrons. The van der Waals surface area contributed by atoms with E-state index in [1.165, 1.54) is 0 Å². The Morgan fingerprint density at radius 2 is 1.86 bits per heavy atom. The van der Waals surface area contributed by atoms with Crippen LogP contribution in [0, 0.1) is 6.92 Å². The van der Waals surface area contributed by atoms with Crippen LogP contribution in [0.5, 0.6) is 0 Å². The molecule has 0 fully saturated rings. The van der Waals surface area contributed by atoms with E-state index in [9.17, 15) is 5.11 Å². The molecule has 1 N–H and O–H groups in total. The van der Waals surface area contributed by atoms with E-state index in [0.29, 0.717) is 16.3 Å². The molecule has 0 amide bonds. The van der Waals surface area contributed by atoms with Gasteiger partial charge in [0.05, 0.1) is 17.6 Å². The smallest absolute Gasteiger partial charge is 0.124 e. The third kappa shape index (κ3) is 2.55. The van der Waals surface area contributed by atoms with Crippen molar-refractivity contribution in [2.45, 2.75) is 13.0 Å². The third-order valence-corrected chi connectivity index (χ3v) is 3.89. The lowest BCUT2D eigenvalue weighted by Crippen LogP contribution is -2.09. The van der Waals surface area contributed by atoms with Gasteiger partial charge in [-0.05, 0) is 24.6 Å². The number of aromatic nitrogens is 3. The molecule has 3 aromatic rings. The fourth-order valence-electron chi connectivity index (χ4n) is 2.24. The third-order valence-electron chi connectivity index (χ3n) is 3.37. The van der Waals surface area contributed by atoms with E-state index in [1.54, 1.807) is 10.9 Å². The summed E-state index contributed by atoms with van der Waals surface area (Å²) in [6.45, 7) is 1.91. The Bertz CT molecular complexity index is 755. The number of nitrogens with zero attached hydrogens (tertiary/aromatic N) is 3. The van der Waals surface area contributed by atoms with Crippen LogP contribution in [0.25, 0.3) is 5.69 Å². The van der Waals surface area contributed by atoms with E-state index < -0.39 is 6.10 Å². The second kappa shape index (κ2) is 5.68. The Kier molecular flexibility index (Phi) is 3.73. The fraction of sp³-hybridized carbons (Fsp3) is 0.125. The molecule has 0 bridgehead atoms. The molecule has 0 spiro atoms. The van der Waals surface area contributed by atoms with Crippen LogP contribution in [0.15, 0.2) is 54.7 Å². The Hall–Kier alpha value is -2.17. The van der Waals surface area contributed by atoms with Crippen LogP contribution >= 0.6 is 11.6 Å². The van der Waals surface area contributed by atoms with E-state index in [4.69, 9.17) is 11.6 Å². The predicted molar refractivity (Wildman–Crippen MR) is 81.6 cm³/mol. The Balaban J connectivity index is 2.06. The van der Waals surface area contributed by atoms with Crippen molar-refractivity contribution in [3.8, 4) is 5.69 Å². The molecule has 1 aromatic heterocycles. The maximum Gasteiger partial charge on any atom is 0.124 e. The quantitative estimate of drug-likeness (QED) is 0.807. The fourth-order valence-corrected chi connectivity index (χ4v) is 2.47. The highest BCUT2D eigenvalue weighted by Crippen LogP contribution is 2.30. The minimum atomic E-state index is -0.882. The number of para-hydroxylation sites is 1. The summed E-state index contributed by atoms with van der Waals surface area (Å²) in [5.41, 5.74) is 2.99. The largest absolute Gasteiger partial charge is 0.382 e. The highest BCUT2D eigenvalue weighted by atomic mass is 35.5. The minimum Gasteiger partial charge on any atom is -0.382 e. The first-order valence-corrected chi connectivity index (χ1v) is 6.95. The highest BCUT2D eigenvalue weighted by Gasteiger charge is 2.20. The Morgan fingerprint density at radius 1 is 1.10 bits per heavy atom. The summed E-state index contributed by atoms with van der Waals surface area (Å²) < 4.78 is 1.61. The van der Waals surface area contributed by atoms with Gasteiger partial charge in [-0.1, -0.05) is 53.2 Å². The number of hydrogen-bond acceptors (Lipinski definition) is 3. The number of rotatable bonds is 3. The summed E-state index contributed by atoms with van der Waals surface area (Å²) in [6.07, 6.45) is 0.670. The number of halogens is 1. The molecule has 2 aromatic carbocycles. The van der Waals surface area contributed by atoms with Crippen molar-refractivity contribution in [3.05, 3.63) is 76.6 Å². The molecule has 3 rings (SSSR count). The van der Waals surface area contributed by atoms with Crippen molar-refractivity contribution < 1.29 is 5.11 Å². The summed E-state index contributed by atoms with van der Waals surface area (Å²) in [6, 6.07) is 15.1. The second-order valence-electron chi connectivity index (χ2n) is 4.79. The number of aryl methyl sites for hydroxylation is 1. The SMILES string of the molecule is Cc1cccc(C(O)c2cnnn2-c2ccccc2)c1Cl. The summed E-state index contributed by atoms with van der Waals surface area (Å²) in [7, 11) is 0. The molecule has 21 heavy (non-hydrogen) atoms. The van der Waals surface area contributed by atoms with E-state index in [-0.39, 0.29) is 0 Å². The van der Waals surface area contributed by atoms with Gasteiger partial charge in [0.15, 0.2) is 0 Å². The predicted octanol–water partition coefficient (Wildman–Crippen LogP) is 3.31. The van der Waals surface area contributed by atoms with Gasteiger partial charge in [-0.3, -0.25) is 0 Å². The average molecular weight is 300 g/mol. The van der Waals surface area contributed by atoms with Gasteiger partial charge >= 0.3 is 0 Å². The van der Waals surface area contributed by atoms with Gasteiger partial charge in [-0.25, -0.2) is 4.68 Å². The van der Waals surface area contributed by atoms with Crippen LogP contribution in [0.2, 0.25) is 5.02 Å². The zero-order valence-corrected chi connectivity index (χ0v) is 12.2. The van der Waals surface area contributed by atoms with Crippen LogP contribution in [-0.2, 0) is 0 Å². The molecule has 1 heterocycles. The topological polar surface area (TPSA) is 50.9 Å². The van der Waals surface area contributed by atoms with Gasteiger partial charge in [0.1, 0.15) is 6.10 Å². The van der Waals surface area contributed by atoms with Crippen molar-refractivity contribution >= 4 is 11.6 Å². The summed E-state index contributed by atoms with van der Waals surface area (Å²) in [5, 5.41) is 19.2. The van der Waals surface area contributed by atoms with Gasteiger partial charge in [0.25, 0.3) is 0 Å². The van der Waals surface area contributed by atoms with Crippen molar-refractivity contribution in [3.63, 3.8) is 0 Å². The molecule has 4 nitrogen and oxygen atoms in total. The van der Waals surface area contributed by atoms with Crippen LogP contribution in [0.1, 0.15) is 22.9 Å². The lowest BCUT2D eigenvalue weighted by atomic mass is 10.0. The summed E-state index contributed by atoms with van der Waals surface area (Å²) in [5.74, 6) is 0. The van der Waals surface area contributed by atoms with Gasteiger partial charge in [0.2, 0.25) is 0 Å². The maximum absolute atomic E-state index is 10.6. The molecule has 1 unspecified atom stereocenters. The first kappa shape index (κ1) is 13.8. The van der Waals surface area contributed by atoms with Crippen molar-refractivity contribution in [2.75, 3.05) is 0 Å². The molecule has 0 saturated heterocycles. The van der Waals surface area contributed by atoms with E-state index >= 15 is 0 Å². The van der Waals surface area contributed by atoms with Crippen LogP contribution in [-0.4, -0.2) is 20.1 Å². The van der Waals surface area contributed by atoms with E-state index in [1.807, 2.05) is 55.5 Å². The molecule has 0 aliphatic carbocycles. The van der Waals surface area contributed by atoms with Crippen molar-refractivity contribution in [1.82, 2.24) is 15.0 Å². The maximum atomic E-state index is 10.6. The molecule has 1 atom stereocenters. The molecule has 0 aliphatic rings. The molecule has 5 heteroatoms. The number of aliphatic hydroxyl groups is 1. The number of benzene rings is 2.